The van der Waals surface area contributed by atoms with E-state index in [1.807, 2.05) is 13.8 Å². The van der Waals surface area contributed by atoms with Crippen molar-refractivity contribution in [2.45, 2.75) is 129 Å². The molecule has 1 aromatic carbocycles. The van der Waals surface area contributed by atoms with Gasteiger partial charge in [0.15, 0.2) is 0 Å². The Labute approximate surface area is 321 Å². The highest BCUT2D eigenvalue weighted by Gasteiger charge is 2.41. The van der Waals surface area contributed by atoms with E-state index >= 15 is 0 Å². The molecular weight excluding hydrogens is 715 g/mol. The number of imide groups is 1. The summed E-state index contributed by atoms with van der Waals surface area (Å²) in [5, 5.41) is 43.9. The van der Waals surface area contributed by atoms with Gasteiger partial charge in [-0.3, -0.25) is 29.3 Å². The van der Waals surface area contributed by atoms with E-state index in [2.05, 4.69) is 31.3 Å². The van der Waals surface area contributed by atoms with Crippen LogP contribution < -0.4 is 10.1 Å². The Morgan fingerprint density at radius 1 is 0.981 bits per heavy atom. The van der Waals surface area contributed by atoms with Crippen LogP contribution in [0, 0.1) is 23.7 Å². The van der Waals surface area contributed by atoms with E-state index in [4.69, 9.17) is 9.47 Å². The van der Waals surface area contributed by atoms with E-state index in [0.717, 1.165) is 18.2 Å². The van der Waals surface area contributed by atoms with Gasteiger partial charge < -0.3 is 29.9 Å². The molecule has 1 saturated heterocycles. The maximum absolute atomic E-state index is 12.8. The van der Waals surface area contributed by atoms with Crippen molar-refractivity contribution < 1.29 is 53.9 Å². The van der Waals surface area contributed by atoms with E-state index in [9.17, 15) is 44.4 Å². The van der Waals surface area contributed by atoms with Gasteiger partial charge in [-0.1, -0.05) is 50.6 Å². The number of hydrogen-bond acceptors (Lipinski definition) is 12. The Morgan fingerprint density at radius 2 is 1.65 bits per heavy atom. The minimum atomic E-state index is -1.21. The first-order valence-corrected chi connectivity index (χ1v) is 19.8. The molecule has 3 aliphatic rings. The molecule has 0 aromatic heterocycles. The lowest BCUT2D eigenvalue weighted by Crippen LogP contribution is -2.41. The molecule has 1 aliphatic heterocycles. The Morgan fingerprint density at radius 3 is 2.30 bits per heavy atom. The van der Waals surface area contributed by atoms with Gasteiger partial charge in [0.2, 0.25) is 0 Å². The van der Waals surface area contributed by atoms with Crippen LogP contribution in [0.3, 0.4) is 0 Å². The van der Waals surface area contributed by atoms with Gasteiger partial charge in [-0.05, 0) is 105 Å². The summed E-state index contributed by atoms with van der Waals surface area (Å²) in [7, 11) is 0. The number of ketones is 1. The van der Waals surface area contributed by atoms with Crippen molar-refractivity contribution in [3.63, 3.8) is 0 Å². The van der Waals surface area contributed by atoms with Gasteiger partial charge in [0, 0.05) is 25.2 Å². The maximum Gasteiger partial charge on any atom is 0.313 e. The van der Waals surface area contributed by atoms with Crippen LogP contribution in [-0.2, 0) is 23.9 Å². The molecule has 1 aromatic rings. The number of amides is 2. The fourth-order valence-corrected chi connectivity index (χ4v) is 8.04. The Kier molecular flexibility index (Phi) is 16.2. The quantitative estimate of drug-likeness (QED) is 0.0669. The number of aliphatic hydroxyl groups is 4. The lowest BCUT2D eigenvalue weighted by molar-refractivity contribution is -0.157. The van der Waals surface area contributed by atoms with Gasteiger partial charge in [0.1, 0.15) is 17.6 Å². The standard InChI is InChI=1S/C41H55NO11S/c1-5-24(3)40(50)53-35-17-23(2)16-27-9-6-25(4)34(38(27)35)15-12-30(45)20-31(46)19-28(43)10-11-29(44)21-32(47)22-37(48)52-33-13-7-26(8-14-33)18-36-39(49)42-41(51)54-36/h7-9,13-14,16,18,24-25,29-32,34-35,38,44-47H,5-6,10-12,15,17,19-22H2,1-4H3,(H,42,49,51)/b36-18-/t24?,25-,29+,30-,31+,32+,34-,35-,38?/m0/s1. The molecule has 296 valence electrons. The SMILES string of the molecule is CCC(C)C(=O)O[C@H]1CC(C)=CC2=CC[C@H](C)[C@H](CC[C@H](O)C[C@H](O)CC(=O)CC[C@@H](O)C[C@@H](O)CC(=O)Oc3ccc(/C=C4\SC(=O)NC4=O)cc3)C21. The Bertz CT molecular complexity index is 1600. The monoisotopic (exact) mass is 769 g/mol. The van der Waals surface area contributed by atoms with Gasteiger partial charge >= 0.3 is 11.9 Å². The molecule has 1 heterocycles. The first-order valence-electron chi connectivity index (χ1n) is 19.0. The topological polar surface area (TPSA) is 197 Å². The van der Waals surface area contributed by atoms with Crippen LogP contribution in [0.25, 0.3) is 6.08 Å². The summed E-state index contributed by atoms with van der Waals surface area (Å²) in [6.07, 6.45) is 4.30. The van der Waals surface area contributed by atoms with Crippen LogP contribution >= 0.6 is 11.8 Å². The molecule has 13 heteroatoms. The molecule has 2 aliphatic carbocycles. The van der Waals surface area contributed by atoms with E-state index in [1.165, 1.54) is 29.4 Å². The van der Waals surface area contributed by atoms with Crippen LogP contribution in [0.15, 0.2) is 52.5 Å². The molecule has 4 rings (SSSR count). The van der Waals surface area contributed by atoms with Gasteiger partial charge in [0.25, 0.3) is 11.1 Å². The van der Waals surface area contributed by atoms with E-state index < -0.39 is 41.5 Å². The molecule has 0 radical (unpaired) electrons. The summed E-state index contributed by atoms with van der Waals surface area (Å²) in [4.78, 5) is 61.0. The third-order valence-corrected chi connectivity index (χ3v) is 11.3. The largest absolute Gasteiger partial charge is 0.461 e. The number of carbonyl (C=O) groups is 5. The summed E-state index contributed by atoms with van der Waals surface area (Å²) < 4.78 is 11.3. The molecule has 9 atom stereocenters. The number of fused-ring (bicyclic) bond motifs is 1. The van der Waals surface area contributed by atoms with Crippen LogP contribution in [-0.4, -0.2) is 79.8 Å². The highest BCUT2D eigenvalue weighted by molar-refractivity contribution is 8.18. The molecular formula is C41H55NO11S. The molecule has 0 saturated carbocycles. The van der Waals surface area contributed by atoms with Crippen molar-refractivity contribution in [2.75, 3.05) is 0 Å². The molecule has 54 heavy (non-hydrogen) atoms. The fraction of sp³-hybridized carbons (Fsp3) is 0.585. The number of hydrogen-bond donors (Lipinski definition) is 5. The first kappa shape index (κ1) is 43.1. The smallest absolute Gasteiger partial charge is 0.313 e. The first-order chi connectivity index (χ1) is 25.6. The number of rotatable bonds is 19. The lowest BCUT2D eigenvalue weighted by atomic mass is 9.65. The van der Waals surface area contributed by atoms with Crippen LogP contribution in [0.4, 0.5) is 4.79 Å². The van der Waals surface area contributed by atoms with E-state index in [0.29, 0.717) is 37.2 Å². The lowest BCUT2D eigenvalue weighted by Gasteiger charge is -2.43. The van der Waals surface area contributed by atoms with Gasteiger partial charge in [-0.25, -0.2) is 0 Å². The number of thioether (sulfide) groups is 1. The molecule has 0 spiro atoms. The molecule has 5 N–H and O–H groups in total. The second-order valence-electron chi connectivity index (χ2n) is 15.1. The second-order valence-corrected chi connectivity index (χ2v) is 16.1. The fourth-order valence-electron chi connectivity index (χ4n) is 7.36. The average Bonchev–Trinajstić information content (AvgIpc) is 3.42. The minimum Gasteiger partial charge on any atom is -0.461 e. The Balaban J connectivity index is 1.15. The van der Waals surface area contributed by atoms with Crippen molar-refractivity contribution in [1.82, 2.24) is 5.32 Å². The summed E-state index contributed by atoms with van der Waals surface area (Å²) >= 11 is 0.791. The highest BCUT2D eigenvalue weighted by atomic mass is 32.2. The van der Waals surface area contributed by atoms with Crippen molar-refractivity contribution in [3.8, 4) is 5.75 Å². The van der Waals surface area contributed by atoms with E-state index in [1.54, 1.807) is 12.1 Å². The zero-order valence-electron chi connectivity index (χ0n) is 31.6. The van der Waals surface area contributed by atoms with Gasteiger partial charge in [-0.15, -0.1) is 0 Å². The van der Waals surface area contributed by atoms with Crippen molar-refractivity contribution in [3.05, 3.63) is 58.0 Å². The number of aliphatic hydroxyl groups excluding tert-OH is 4. The zero-order valence-corrected chi connectivity index (χ0v) is 32.4. The number of carbonyl (C=O) groups excluding carboxylic acids is 5. The predicted octanol–water partition coefficient (Wildman–Crippen LogP) is 5.56. The molecule has 12 nitrogen and oxygen atoms in total. The number of ether oxygens (including phenoxy) is 2. The third-order valence-electron chi connectivity index (χ3n) is 10.5. The molecule has 2 amide bonds. The molecule has 2 unspecified atom stereocenters. The summed E-state index contributed by atoms with van der Waals surface area (Å²) in [5.41, 5.74) is 2.98. The number of nitrogens with one attached hydrogen (secondary N) is 1. The maximum atomic E-state index is 12.8. The van der Waals surface area contributed by atoms with Gasteiger partial charge in [-0.2, -0.15) is 0 Å². The van der Waals surface area contributed by atoms with Crippen molar-refractivity contribution in [2.24, 2.45) is 23.7 Å². The van der Waals surface area contributed by atoms with Crippen LogP contribution in [0.1, 0.15) is 104 Å². The minimum absolute atomic E-state index is 0.0343. The second kappa shape index (κ2) is 20.3. The van der Waals surface area contributed by atoms with Gasteiger partial charge in [0.05, 0.1) is 41.7 Å². The molecule has 0 bridgehead atoms. The number of allylic oxidation sites excluding steroid dienone is 2. The van der Waals surface area contributed by atoms with Crippen molar-refractivity contribution in [1.29, 1.82) is 0 Å². The van der Waals surface area contributed by atoms with Crippen LogP contribution in [0.5, 0.6) is 5.75 Å². The zero-order chi connectivity index (χ0) is 39.5. The predicted molar refractivity (Wildman–Crippen MR) is 204 cm³/mol. The molecule has 1 fully saturated rings. The van der Waals surface area contributed by atoms with Crippen molar-refractivity contribution >= 4 is 46.7 Å². The number of benzene rings is 1. The third kappa shape index (κ3) is 13.0. The highest BCUT2D eigenvalue weighted by Crippen LogP contribution is 2.45. The van der Waals surface area contributed by atoms with E-state index in [-0.39, 0.29) is 84.8 Å². The Hall–Kier alpha value is -3.62. The summed E-state index contributed by atoms with van der Waals surface area (Å²) in [5.74, 6) is -1.07. The number of Topliss-reactive ketones (excluding diaryl/α,β-unsaturated/α-hetero) is 1. The summed E-state index contributed by atoms with van der Waals surface area (Å²) in [6.45, 7) is 8.08. The normalized spacial score (nSPS) is 24.7. The number of esters is 2. The van der Waals surface area contributed by atoms with Crippen LogP contribution in [0.2, 0.25) is 0 Å². The average molecular weight is 770 g/mol. The summed E-state index contributed by atoms with van der Waals surface area (Å²) in [6, 6.07) is 6.22.